The van der Waals surface area contributed by atoms with E-state index < -0.39 is 0 Å². The van der Waals surface area contributed by atoms with Gasteiger partial charge in [0.05, 0.1) is 0 Å². The topological polar surface area (TPSA) is 39.2 Å². The minimum absolute atomic E-state index is 0.641. The van der Waals surface area contributed by atoms with Gasteiger partial charge in [0.25, 0.3) is 0 Å². The van der Waals surface area contributed by atoms with Crippen LogP contribution in [0.5, 0.6) is 0 Å². The van der Waals surface area contributed by atoms with E-state index in [1.54, 1.807) is 0 Å². The monoisotopic (exact) mass is 219 g/mol. The number of furan rings is 1. The zero-order valence-electron chi connectivity index (χ0n) is 9.87. The highest BCUT2D eigenvalue weighted by atomic mass is 16.3. The van der Waals surface area contributed by atoms with E-state index in [9.17, 15) is 0 Å². The molecule has 16 heavy (non-hydrogen) atoms. The van der Waals surface area contributed by atoms with Crippen LogP contribution in [0.15, 0.2) is 10.5 Å². The summed E-state index contributed by atoms with van der Waals surface area (Å²) in [6.45, 7) is 0.641. The minimum Gasteiger partial charge on any atom is -0.465 e. The van der Waals surface area contributed by atoms with Crippen LogP contribution < -0.4 is 5.73 Å². The Morgan fingerprint density at radius 3 is 2.44 bits per heavy atom. The third-order valence-electron chi connectivity index (χ3n) is 4.04. The molecule has 0 spiro atoms. The van der Waals surface area contributed by atoms with Gasteiger partial charge in [0.1, 0.15) is 11.5 Å². The van der Waals surface area contributed by atoms with Crippen LogP contribution >= 0.6 is 0 Å². The molecule has 0 bridgehead atoms. The molecular weight excluding hydrogens is 198 g/mol. The van der Waals surface area contributed by atoms with Gasteiger partial charge in [-0.1, -0.05) is 19.3 Å². The van der Waals surface area contributed by atoms with Crippen LogP contribution in [0.1, 0.15) is 73.9 Å². The van der Waals surface area contributed by atoms with Crippen LogP contribution in [0, 0.1) is 0 Å². The fraction of sp³-hybridized carbons (Fsp3) is 0.714. The minimum atomic E-state index is 0.641. The van der Waals surface area contributed by atoms with Crippen molar-refractivity contribution in [2.45, 2.75) is 63.3 Å². The van der Waals surface area contributed by atoms with E-state index >= 15 is 0 Å². The Hall–Kier alpha value is -0.760. The third kappa shape index (κ3) is 1.91. The molecule has 2 nitrogen and oxygen atoms in total. The molecule has 0 amide bonds. The van der Waals surface area contributed by atoms with Gasteiger partial charge in [0.15, 0.2) is 0 Å². The first kappa shape index (κ1) is 10.4. The number of hydrogen-bond acceptors (Lipinski definition) is 2. The molecule has 88 valence electrons. The van der Waals surface area contributed by atoms with Crippen molar-refractivity contribution in [1.82, 2.24) is 0 Å². The van der Waals surface area contributed by atoms with Gasteiger partial charge in [0, 0.05) is 23.9 Å². The lowest BCUT2D eigenvalue weighted by Crippen LogP contribution is -2.03. The maximum atomic E-state index is 6.09. The summed E-state index contributed by atoms with van der Waals surface area (Å²) < 4.78 is 6.09. The highest BCUT2D eigenvalue weighted by Crippen LogP contribution is 2.44. The van der Waals surface area contributed by atoms with Crippen molar-refractivity contribution < 1.29 is 4.42 Å². The molecule has 2 N–H and O–H groups in total. The van der Waals surface area contributed by atoms with Crippen LogP contribution in [0.2, 0.25) is 0 Å². The maximum Gasteiger partial charge on any atom is 0.111 e. The lowest BCUT2D eigenvalue weighted by atomic mass is 9.87. The van der Waals surface area contributed by atoms with Crippen LogP contribution in [-0.4, -0.2) is 0 Å². The fourth-order valence-corrected chi connectivity index (χ4v) is 2.90. The van der Waals surface area contributed by atoms with Gasteiger partial charge in [0.2, 0.25) is 0 Å². The largest absolute Gasteiger partial charge is 0.465 e. The normalized spacial score (nSPS) is 22.6. The fourth-order valence-electron chi connectivity index (χ4n) is 2.90. The van der Waals surface area contributed by atoms with Crippen LogP contribution in [0.4, 0.5) is 0 Å². The lowest BCUT2D eigenvalue weighted by molar-refractivity contribution is 0.361. The van der Waals surface area contributed by atoms with Crippen molar-refractivity contribution in [3.05, 3.63) is 23.2 Å². The van der Waals surface area contributed by atoms with E-state index in [0.717, 1.165) is 0 Å². The molecule has 2 aliphatic carbocycles. The standard InChI is InChI=1S/C14H21NO/c15-9-12-8-13(10-4-2-1-3-5-10)16-14(12)11-6-7-11/h8,10-11H,1-7,9,15H2. The summed E-state index contributed by atoms with van der Waals surface area (Å²) in [5.41, 5.74) is 7.07. The van der Waals surface area contributed by atoms with E-state index in [0.29, 0.717) is 18.4 Å². The van der Waals surface area contributed by atoms with Crippen molar-refractivity contribution in [1.29, 1.82) is 0 Å². The zero-order valence-corrected chi connectivity index (χ0v) is 9.87. The van der Waals surface area contributed by atoms with Crippen molar-refractivity contribution in [2.75, 3.05) is 0 Å². The van der Waals surface area contributed by atoms with Gasteiger partial charge in [-0.05, 0) is 31.7 Å². The van der Waals surface area contributed by atoms with Gasteiger partial charge >= 0.3 is 0 Å². The average Bonchev–Trinajstić information content (AvgIpc) is 3.10. The molecule has 0 aliphatic heterocycles. The Labute approximate surface area is 97.2 Å². The van der Waals surface area contributed by atoms with Crippen molar-refractivity contribution in [3.63, 3.8) is 0 Å². The summed E-state index contributed by atoms with van der Waals surface area (Å²) in [6, 6.07) is 2.24. The molecule has 3 rings (SSSR count). The maximum absolute atomic E-state index is 6.09. The molecule has 0 aromatic carbocycles. The predicted octanol–water partition coefficient (Wildman–Crippen LogP) is 3.66. The summed E-state index contributed by atoms with van der Waals surface area (Å²) in [5, 5.41) is 0. The van der Waals surface area contributed by atoms with E-state index in [1.807, 2.05) is 0 Å². The second-order valence-electron chi connectivity index (χ2n) is 5.35. The van der Waals surface area contributed by atoms with Crippen molar-refractivity contribution in [2.24, 2.45) is 5.73 Å². The molecule has 0 atom stereocenters. The molecule has 2 fully saturated rings. The molecule has 0 radical (unpaired) electrons. The molecule has 2 aliphatic rings. The van der Waals surface area contributed by atoms with Gasteiger partial charge in [-0.2, -0.15) is 0 Å². The molecule has 1 heterocycles. The molecule has 0 unspecified atom stereocenters. The SMILES string of the molecule is NCc1cc(C2CCCCC2)oc1C1CC1. The molecule has 2 saturated carbocycles. The van der Waals surface area contributed by atoms with Gasteiger partial charge in [-0.25, -0.2) is 0 Å². The highest BCUT2D eigenvalue weighted by Gasteiger charge is 2.31. The summed E-state index contributed by atoms with van der Waals surface area (Å²) >= 11 is 0. The highest BCUT2D eigenvalue weighted by molar-refractivity contribution is 5.29. The lowest BCUT2D eigenvalue weighted by Gasteiger charge is -2.19. The van der Waals surface area contributed by atoms with Gasteiger partial charge in [-0.15, -0.1) is 0 Å². The summed E-state index contributed by atoms with van der Waals surface area (Å²) in [7, 11) is 0. The van der Waals surface area contributed by atoms with Gasteiger partial charge in [-0.3, -0.25) is 0 Å². The molecule has 0 saturated heterocycles. The quantitative estimate of drug-likeness (QED) is 0.842. The summed E-state index contributed by atoms with van der Waals surface area (Å²) in [6.07, 6.45) is 9.33. The van der Waals surface area contributed by atoms with Crippen LogP contribution in [-0.2, 0) is 6.54 Å². The smallest absolute Gasteiger partial charge is 0.111 e. The first-order valence-electron chi connectivity index (χ1n) is 6.71. The molecule has 1 aromatic heterocycles. The van der Waals surface area contributed by atoms with E-state index in [4.69, 9.17) is 10.2 Å². The third-order valence-corrected chi connectivity index (χ3v) is 4.04. The summed E-state index contributed by atoms with van der Waals surface area (Å²) in [4.78, 5) is 0. The average molecular weight is 219 g/mol. The van der Waals surface area contributed by atoms with Crippen molar-refractivity contribution >= 4 is 0 Å². The van der Waals surface area contributed by atoms with Crippen molar-refractivity contribution in [3.8, 4) is 0 Å². The second kappa shape index (κ2) is 4.25. The van der Waals surface area contributed by atoms with Gasteiger partial charge < -0.3 is 10.2 Å². The Kier molecular flexibility index (Phi) is 2.76. The van der Waals surface area contributed by atoms with Crippen LogP contribution in [0.25, 0.3) is 0 Å². The Morgan fingerprint density at radius 1 is 1.06 bits per heavy atom. The Balaban J connectivity index is 1.83. The molecule has 2 heteroatoms. The van der Waals surface area contributed by atoms with E-state index in [1.165, 1.54) is 62.0 Å². The first-order valence-corrected chi connectivity index (χ1v) is 6.71. The first-order chi connectivity index (χ1) is 7.88. The zero-order chi connectivity index (χ0) is 11.0. The number of nitrogens with two attached hydrogens (primary N) is 1. The predicted molar refractivity (Wildman–Crippen MR) is 64.4 cm³/mol. The molecular formula is C14H21NO. The molecule has 1 aromatic rings. The number of hydrogen-bond donors (Lipinski definition) is 1. The van der Waals surface area contributed by atoms with Crippen LogP contribution in [0.3, 0.4) is 0 Å². The van der Waals surface area contributed by atoms with E-state index in [-0.39, 0.29) is 0 Å². The number of rotatable bonds is 3. The van der Waals surface area contributed by atoms with E-state index in [2.05, 4.69) is 6.07 Å². The Bertz CT molecular complexity index is 359. The summed E-state index contributed by atoms with van der Waals surface area (Å²) in [5.74, 6) is 3.80. The second-order valence-corrected chi connectivity index (χ2v) is 5.35. The Morgan fingerprint density at radius 2 is 1.81 bits per heavy atom.